The highest BCUT2D eigenvalue weighted by Gasteiger charge is 2.42. The number of aromatic nitrogens is 2. The smallest absolute Gasteiger partial charge is 0.143 e. The van der Waals surface area contributed by atoms with Gasteiger partial charge in [-0.1, -0.05) is 32.0 Å². The van der Waals surface area contributed by atoms with E-state index in [9.17, 15) is 9.90 Å². The zero-order chi connectivity index (χ0) is 24.5. The van der Waals surface area contributed by atoms with Crippen molar-refractivity contribution in [2.45, 2.75) is 110 Å². The van der Waals surface area contributed by atoms with Crippen molar-refractivity contribution in [3.8, 4) is 0 Å². The fourth-order valence-electron chi connectivity index (χ4n) is 5.81. The van der Waals surface area contributed by atoms with Crippen molar-refractivity contribution in [1.82, 2.24) is 10.1 Å². The van der Waals surface area contributed by atoms with Crippen LogP contribution in [0.2, 0.25) is 0 Å². The van der Waals surface area contributed by atoms with Gasteiger partial charge in [0.2, 0.25) is 0 Å². The Balaban J connectivity index is 0.00000342. The summed E-state index contributed by atoms with van der Waals surface area (Å²) < 4.78 is 6.04. The highest BCUT2D eigenvalue weighted by atomic mass is 35.5. The van der Waals surface area contributed by atoms with E-state index in [1.807, 2.05) is 26.0 Å². The Morgan fingerprint density at radius 1 is 1.17 bits per heavy atom. The summed E-state index contributed by atoms with van der Waals surface area (Å²) in [6.45, 7) is 11.0. The third kappa shape index (κ3) is 7.16. The summed E-state index contributed by atoms with van der Waals surface area (Å²) in [7, 11) is 0. The molecule has 0 spiro atoms. The molecule has 0 saturated heterocycles. The first-order valence-corrected chi connectivity index (χ1v) is 13.2. The van der Waals surface area contributed by atoms with Crippen molar-refractivity contribution < 1.29 is 14.4 Å². The molecule has 2 saturated carbocycles. The molecule has 2 fully saturated rings. The molecule has 2 aliphatic rings. The van der Waals surface area contributed by atoms with Gasteiger partial charge >= 0.3 is 0 Å². The molecule has 6 heteroatoms. The highest BCUT2D eigenvalue weighted by Crippen LogP contribution is 2.53. The van der Waals surface area contributed by atoms with Gasteiger partial charge in [-0.3, -0.25) is 9.78 Å². The number of aliphatic hydroxyl groups is 1. The topological polar surface area (TPSA) is 76.2 Å². The predicted molar refractivity (Wildman–Crippen MR) is 141 cm³/mol. The van der Waals surface area contributed by atoms with Crippen molar-refractivity contribution in [2.24, 2.45) is 11.3 Å². The van der Waals surface area contributed by atoms with Crippen molar-refractivity contribution in [2.75, 3.05) is 6.61 Å². The number of hydrogen-bond acceptors (Lipinski definition) is 5. The SMILES string of the molecule is Cc1ccc(CC(=O)C[C@H](CCCO)c2noc(C3CC(CC(C)(C)C)C3)c2C2CC2)c(C)n1.Cl. The van der Waals surface area contributed by atoms with Crippen LogP contribution in [0.3, 0.4) is 0 Å². The van der Waals surface area contributed by atoms with Gasteiger partial charge < -0.3 is 9.63 Å². The lowest BCUT2D eigenvalue weighted by atomic mass is 9.66. The molecule has 0 unspecified atom stereocenters. The van der Waals surface area contributed by atoms with E-state index in [1.54, 1.807) is 0 Å². The van der Waals surface area contributed by atoms with Crippen LogP contribution >= 0.6 is 12.4 Å². The molecule has 0 aromatic carbocycles. The minimum Gasteiger partial charge on any atom is -0.396 e. The molecule has 0 radical (unpaired) electrons. The first kappa shape index (κ1) is 27.9. The van der Waals surface area contributed by atoms with Gasteiger partial charge in [0.05, 0.1) is 5.69 Å². The second-order valence-electron chi connectivity index (χ2n) is 12.1. The first-order valence-electron chi connectivity index (χ1n) is 13.2. The lowest BCUT2D eigenvalue weighted by Gasteiger charge is -2.38. The molecule has 2 aromatic rings. The first-order chi connectivity index (χ1) is 16.1. The minimum atomic E-state index is 0. The average molecular weight is 503 g/mol. The van der Waals surface area contributed by atoms with Crippen molar-refractivity contribution in [1.29, 1.82) is 0 Å². The van der Waals surface area contributed by atoms with Gasteiger partial charge in [0.15, 0.2) is 0 Å². The Hall–Kier alpha value is -1.72. The van der Waals surface area contributed by atoms with E-state index in [4.69, 9.17) is 4.52 Å². The number of aliphatic hydroxyl groups excluding tert-OH is 1. The number of ketones is 1. The van der Waals surface area contributed by atoms with Crippen LogP contribution in [0.5, 0.6) is 0 Å². The molecule has 5 nitrogen and oxygen atoms in total. The number of halogens is 1. The number of hydrogen-bond donors (Lipinski definition) is 1. The molecule has 0 aliphatic heterocycles. The summed E-state index contributed by atoms with van der Waals surface area (Å²) in [6.07, 6.45) is 8.28. The normalized spacial score (nSPS) is 20.7. The van der Waals surface area contributed by atoms with Crippen molar-refractivity contribution >= 4 is 18.2 Å². The average Bonchev–Trinajstić information content (AvgIpc) is 3.48. The third-order valence-corrected chi connectivity index (χ3v) is 7.57. The molecular weight excluding hydrogens is 460 g/mol. The summed E-state index contributed by atoms with van der Waals surface area (Å²) in [5.74, 6) is 3.09. The molecule has 35 heavy (non-hydrogen) atoms. The molecule has 0 bridgehead atoms. The summed E-state index contributed by atoms with van der Waals surface area (Å²) in [5, 5.41) is 14.1. The number of aryl methyl sites for hydroxylation is 2. The third-order valence-electron chi connectivity index (χ3n) is 7.57. The van der Waals surface area contributed by atoms with Crippen LogP contribution in [0.25, 0.3) is 0 Å². The van der Waals surface area contributed by atoms with Crippen LogP contribution in [0.15, 0.2) is 16.7 Å². The van der Waals surface area contributed by atoms with E-state index in [1.165, 1.54) is 37.7 Å². The number of nitrogens with zero attached hydrogens (tertiary/aromatic N) is 2. The molecular formula is C29H43ClN2O3. The Kier molecular flexibility index (Phi) is 9.20. The van der Waals surface area contributed by atoms with Crippen molar-refractivity contribution in [3.05, 3.63) is 46.1 Å². The van der Waals surface area contributed by atoms with Crippen LogP contribution in [0, 0.1) is 25.2 Å². The zero-order valence-electron chi connectivity index (χ0n) is 22.1. The largest absolute Gasteiger partial charge is 0.396 e. The molecule has 1 atom stereocenters. The summed E-state index contributed by atoms with van der Waals surface area (Å²) in [5.41, 5.74) is 5.57. The standard InChI is InChI=1S/C29H42N2O3.ClH/c1-18-8-9-22(19(2)30-18)15-25(33)16-23(7-6-12-32)27-26(21-10-11-21)28(34-31-27)24-13-20(14-24)17-29(3,4)5;/h8-9,20-21,23-24,32H,6-7,10-17H2,1-5H3;1H/t20?,23-,24?;/m0./s1. The van der Waals surface area contributed by atoms with Crippen LogP contribution < -0.4 is 0 Å². The monoisotopic (exact) mass is 502 g/mol. The van der Waals surface area contributed by atoms with Crippen molar-refractivity contribution in [3.63, 3.8) is 0 Å². The van der Waals surface area contributed by atoms with Gasteiger partial charge in [-0.25, -0.2) is 0 Å². The van der Waals surface area contributed by atoms with E-state index in [0.29, 0.717) is 36.5 Å². The van der Waals surface area contributed by atoms with E-state index in [2.05, 4.69) is 30.9 Å². The highest BCUT2D eigenvalue weighted by molar-refractivity contribution is 5.85. The molecule has 4 rings (SSSR count). The van der Waals surface area contributed by atoms with E-state index in [0.717, 1.165) is 40.7 Å². The van der Waals surface area contributed by atoms with E-state index in [-0.39, 0.29) is 30.7 Å². The van der Waals surface area contributed by atoms with E-state index >= 15 is 0 Å². The molecule has 194 valence electrons. The van der Waals surface area contributed by atoms with Gasteiger partial charge in [-0.05, 0) is 87.7 Å². The van der Waals surface area contributed by atoms with Crippen LogP contribution in [-0.2, 0) is 11.2 Å². The Labute approximate surface area is 216 Å². The number of carbonyl (C=O) groups is 1. The molecule has 2 heterocycles. The fourth-order valence-corrected chi connectivity index (χ4v) is 5.81. The summed E-state index contributed by atoms with van der Waals surface area (Å²) in [6, 6.07) is 3.99. The quantitative estimate of drug-likeness (QED) is 0.359. The van der Waals surface area contributed by atoms with Crippen LogP contribution in [0.1, 0.15) is 124 Å². The lowest BCUT2D eigenvalue weighted by molar-refractivity contribution is -0.118. The summed E-state index contributed by atoms with van der Waals surface area (Å²) in [4.78, 5) is 17.6. The number of rotatable bonds is 11. The van der Waals surface area contributed by atoms with Gasteiger partial charge in [-0.15, -0.1) is 12.4 Å². The Morgan fingerprint density at radius 2 is 1.89 bits per heavy atom. The molecule has 1 N–H and O–H groups in total. The number of Topliss-reactive ketones (excluding diaryl/α,β-unsaturated/α-hetero) is 1. The molecule has 0 amide bonds. The maximum atomic E-state index is 13.1. The molecule has 2 aliphatic carbocycles. The fraction of sp³-hybridized carbons (Fsp3) is 0.690. The minimum absolute atomic E-state index is 0. The Bertz CT molecular complexity index is 1000. The predicted octanol–water partition coefficient (Wildman–Crippen LogP) is 6.97. The van der Waals surface area contributed by atoms with Gasteiger partial charge in [0, 0.05) is 48.2 Å². The summed E-state index contributed by atoms with van der Waals surface area (Å²) >= 11 is 0. The Morgan fingerprint density at radius 3 is 2.49 bits per heavy atom. The molecule has 2 aromatic heterocycles. The number of carbonyl (C=O) groups excluding carboxylic acids is 1. The second-order valence-corrected chi connectivity index (χ2v) is 12.1. The van der Waals surface area contributed by atoms with Crippen LogP contribution in [-0.4, -0.2) is 27.6 Å². The van der Waals surface area contributed by atoms with Gasteiger partial charge in [-0.2, -0.15) is 0 Å². The number of pyridine rings is 1. The zero-order valence-corrected chi connectivity index (χ0v) is 22.9. The van der Waals surface area contributed by atoms with Gasteiger partial charge in [0.1, 0.15) is 11.5 Å². The van der Waals surface area contributed by atoms with Crippen LogP contribution in [0.4, 0.5) is 0 Å². The van der Waals surface area contributed by atoms with Gasteiger partial charge in [0.25, 0.3) is 0 Å². The second kappa shape index (κ2) is 11.6. The maximum Gasteiger partial charge on any atom is 0.143 e. The maximum absolute atomic E-state index is 13.1. The lowest BCUT2D eigenvalue weighted by Crippen LogP contribution is -2.26. The van der Waals surface area contributed by atoms with E-state index < -0.39 is 0 Å².